The molecule has 0 fully saturated rings. The van der Waals surface area contributed by atoms with Crippen LogP contribution in [-0.4, -0.2) is 35.7 Å². The van der Waals surface area contributed by atoms with Crippen molar-refractivity contribution in [1.29, 1.82) is 0 Å². The third-order valence-electron chi connectivity index (χ3n) is 4.57. The van der Waals surface area contributed by atoms with Crippen LogP contribution in [0.3, 0.4) is 0 Å². The third kappa shape index (κ3) is 4.30. The molecule has 0 radical (unpaired) electrons. The van der Waals surface area contributed by atoms with E-state index in [-0.39, 0.29) is 5.91 Å². The fraction of sp³-hybridized carbons (Fsp3) is 0.0455. The van der Waals surface area contributed by atoms with Crippen LogP contribution in [-0.2, 0) is 0 Å². The van der Waals surface area contributed by atoms with E-state index in [0.29, 0.717) is 28.0 Å². The van der Waals surface area contributed by atoms with Gasteiger partial charge in [-0.2, -0.15) is 5.10 Å². The van der Waals surface area contributed by atoms with Gasteiger partial charge in [-0.05, 0) is 67.2 Å². The molecule has 5 rings (SSSR count). The Hall–Kier alpha value is -4.18. The van der Waals surface area contributed by atoms with E-state index in [2.05, 4.69) is 35.9 Å². The van der Waals surface area contributed by atoms with Gasteiger partial charge < -0.3 is 10.6 Å². The van der Waals surface area contributed by atoms with Gasteiger partial charge in [0.1, 0.15) is 5.52 Å². The summed E-state index contributed by atoms with van der Waals surface area (Å²) in [7, 11) is 0. The number of H-pyrrole nitrogens is 1. The molecule has 0 saturated heterocycles. The predicted octanol–water partition coefficient (Wildman–Crippen LogP) is 4.30. The SMILES string of the molecule is Cc1cc(Nc2nc(Sc3ccc(NC(=O)c4cccnc4)cc3)nn3cccc23)n[nH]1. The molecule has 9 nitrogen and oxygen atoms in total. The molecule has 0 aliphatic carbocycles. The molecule has 10 heteroatoms. The summed E-state index contributed by atoms with van der Waals surface area (Å²) >= 11 is 1.43. The fourth-order valence-electron chi connectivity index (χ4n) is 3.07. The Morgan fingerprint density at radius 2 is 2.00 bits per heavy atom. The van der Waals surface area contributed by atoms with E-state index in [9.17, 15) is 4.79 Å². The number of carbonyl (C=O) groups excluding carboxylic acids is 1. The van der Waals surface area contributed by atoms with Crippen molar-refractivity contribution in [3.05, 3.63) is 84.4 Å². The van der Waals surface area contributed by atoms with E-state index in [0.717, 1.165) is 16.1 Å². The quantitative estimate of drug-likeness (QED) is 0.359. The molecule has 1 amide bonds. The summed E-state index contributed by atoms with van der Waals surface area (Å²) in [4.78, 5) is 21.9. The lowest BCUT2D eigenvalue weighted by Gasteiger charge is -2.08. The minimum absolute atomic E-state index is 0.204. The van der Waals surface area contributed by atoms with Gasteiger partial charge in [0.25, 0.3) is 5.91 Å². The minimum atomic E-state index is -0.204. The van der Waals surface area contributed by atoms with Gasteiger partial charge in [-0.15, -0.1) is 5.10 Å². The smallest absolute Gasteiger partial charge is 0.257 e. The zero-order valence-corrected chi connectivity index (χ0v) is 17.8. The number of aromatic amines is 1. The summed E-state index contributed by atoms with van der Waals surface area (Å²) in [6, 6.07) is 16.7. The number of carbonyl (C=O) groups is 1. The largest absolute Gasteiger partial charge is 0.322 e. The second-order valence-corrected chi connectivity index (χ2v) is 8.01. The van der Waals surface area contributed by atoms with Crippen LogP contribution in [0.25, 0.3) is 5.52 Å². The Balaban J connectivity index is 1.33. The Labute approximate surface area is 187 Å². The lowest BCUT2D eigenvalue weighted by atomic mass is 10.2. The molecule has 4 aromatic heterocycles. The Kier molecular flexibility index (Phi) is 5.26. The van der Waals surface area contributed by atoms with Gasteiger partial charge in [0.05, 0.1) is 5.56 Å². The van der Waals surface area contributed by atoms with Crippen LogP contribution in [0.4, 0.5) is 17.3 Å². The molecular weight excluding hydrogens is 424 g/mol. The van der Waals surface area contributed by atoms with Gasteiger partial charge >= 0.3 is 0 Å². The second kappa shape index (κ2) is 8.52. The highest BCUT2D eigenvalue weighted by molar-refractivity contribution is 7.99. The maximum atomic E-state index is 12.3. The summed E-state index contributed by atoms with van der Waals surface area (Å²) in [5, 5.41) is 18.4. The number of hydrogen-bond donors (Lipinski definition) is 3. The molecule has 4 heterocycles. The van der Waals surface area contributed by atoms with Crippen molar-refractivity contribution in [2.75, 3.05) is 10.6 Å². The number of hydrogen-bond acceptors (Lipinski definition) is 7. The van der Waals surface area contributed by atoms with E-state index in [1.807, 2.05) is 55.6 Å². The van der Waals surface area contributed by atoms with Gasteiger partial charge in [0.15, 0.2) is 11.6 Å². The van der Waals surface area contributed by atoms with E-state index in [1.165, 1.54) is 18.0 Å². The van der Waals surface area contributed by atoms with Gasteiger partial charge in [-0.1, -0.05) is 0 Å². The van der Waals surface area contributed by atoms with Crippen molar-refractivity contribution in [2.24, 2.45) is 0 Å². The first-order valence-corrected chi connectivity index (χ1v) is 10.6. The van der Waals surface area contributed by atoms with Crippen LogP contribution < -0.4 is 10.6 Å². The molecule has 0 spiro atoms. The lowest BCUT2D eigenvalue weighted by Crippen LogP contribution is -2.11. The Bertz CT molecular complexity index is 1380. The van der Waals surface area contributed by atoms with Crippen molar-refractivity contribution in [3.8, 4) is 0 Å². The first kappa shape index (κ1) is 19.8. The zero-order chi connectivity index (χ0) is 21.9. The van der Waals surface area contributed by atoms with Gasteiger partial charge in [-0.25, -0.2) is 9.50 Å². The number of rotatable bonds is 6. The van der Waals surface area contributed by atoms with Crippen molar-refractivity contribution >= 4 is 40.5 Å². The number of anilines is 3. The topological polar surface area (TPSA) is 113 Å². The fourth-order valence-corrected chi connectivity index (χ4v) is 3.81. The van der Waals surface area contributed by atoms with Crippen LogP contribution in [0.1, 0.15) is 16.1 Å². The molecule has 5 aromatic rings. The number of aromatic nitrogens is 6. The number of fused-ring (bicyclic) bond motifs is 1. The molecule has 32 heavy (non-hydrogen) atoms. The van der Waals surface area contributed by atoms with E-state index < -0.39 is 0 Å². The molecule has 0 aliphatic rings. The molecular formula is C22H18N8OS. The highest BCUT2D eigenvalue weighted by Gasteiger charge is 2.11. The summed E-state index contributed by atoms with van der Waals surface area (Å²) < 4.78 is 1.78. The number of aryl methyl sites for hydroxylation is 1. The standard InChI is InChI=1S/C22H18N8OS/c1-14-12-19(28-27-14)25-20-18-5-3-11-30(18)29-22(26-20)32-17-8-6-16(7-9-17)24-21(31)15-4-2-10-23-13-15/h2-13H,1H3,(H,24,31)(H2,25,26,27,28,29). The molecule has 0 atom stereocenters. The first-order valence-electron chi connectivity index (χ1n) is 9.78. The van der Waals surface area contributed by atoms with E-state index >= 15 is 0 Å². The van der Waals surface area contributed by atoms with Crippen LogP contribution in [0.15, 0.2) is 83.2 Å². The van der Waals surface area contributed by atoms with Crippen LogP contribution in [0, 0.1) is 6.92 Å². The summed E-state index contributed by atoms with van der Waals surface area (Å²) in [6.45, 7) is 1.94. The average molecular weight is 443 g/mol. The Morgan fingerprint density at radius 1 is 1.12 bits per heavy atom. The lowest BCUT2D eigenvalue weighted by molar-refractivity contribution is 0.102. The van der Waals surface area contributed by atoms with E-state index in [1.54, 1.807) is 22.8 Å². The highest BCUT2D eigenvalue weighted by atomic mass is 32.2. The molecule has 0 aliphatic heterocycles. The molecule has 0 saturated carbocycles. The van der Waals surface area contributed by atoms with Gasteiger partial charge in [-0.3, -0.25) is 14.9 Å². The van der Waals surface area contributed by atoms with Crippen LogP contribution in [0.2, 0.25) is 0 Å². The number of amides is 1. The summed E-state index contributed by atoms with van der Waals surface area (Å²) in [5.74, 6) is 1.15. The minimum Gasteiger partial charge on any atom is -0.322 e. The number of nitrogens with one attached hydrogen (secondary N) is 3. The second-order valence-electron chi connectivity index (χ2n) is 6.96. The summed E-state index contributed by atoms with van der Waals surface area (Å²) in [5.41, 5.74) is 3.01. The van der Waals surface area contributed by atoms with Crippen molar-refractivity contribution < 1.29 is 4.79 Å². The van der Waals surface area contributed by atoms with Crippen molar-refractivity contribution in [1.82, 2.24) is 29.8 Å². The number of nitrogens with zero attached hydrogens (tertiary/aromatic N) is 5. The molecule has 1 aromatic carbocycles. The highest BCUT2D eigenvalue weighted by Crippen LogP contribution is 2.29. The normalized spacial score (nSPS) is 10.9. The Morgan fingerprint density at radius 3 is 2.75 bits per heavy atom. The maximum Gasteiger partial charge on any atom is 0.257 e. The first-order chi connectivity index (χ1) is 15.6. The molecule has 3 N–H and O–H groups in total. The van der Waals surface area contributed by atoms with E-state index in [4.69, 9.17) is 0 Å². The predicted molar refractivity (Wildman–Crippen MR) is 122 cm³/mol. The zero-order valence-electron chi connectivity index (χ0n) is 17.0. The third-order valence-corrected chi connectivity index (χ3v) is 5.43. The van der Waals surface area contributed by atoms with Gasteiger partial charge in [0.2, 0.25) is 5.16 Å². The monoisotopic (exact) mass is 442 g/mol. The van der Waals surface area contributed by atoms with Gasteiger partial charge in [0, 0.05) is 40.9 Å². The molecule has 0 unspecified atom stereocenters. The van der Waals surface area contributed by atoms with Crippen LogP contribution >= 0.6 is 11.8 Å². The molecule has 0 bridgehead atoms. The number of pyridine rings is 1. The average Bonchev–Trinajstić information content (AvgIpc) is 3.44. The summed E-state index contributed by atoms with van der Waals surface area (Å²) in [6.07, 6.45) is 5.04. The number of benzene rings is 1. The van der Waals surface area contributed by atoms with Crippen LogP contribution in [0.5, 0.6) is 0 Å². The maximum absolute atomic E-state index is 12.3. The van der Waals surface area contributed by atoms with Crippen molar-refractivity contribution in [2.45, 2.75) is 17.0 Å². The van der Waals surface area contributed by atoms with Crippen molar-refractivity contribution in [3.63, 3.8) is 0 Å². The molecule has 158 valence electrons.